The van der Waals surface area contributed by atoms with Crippen LogP contribution in [0.5, 0.6) is 0 Å². The van der Waals surface area contributed by atoms with Gasteiger partial charge in [-0.1, -0.05) is 41.6 Å². The first-order valence-electron chi connectivity index (χ1n) is 9.96. The van der Waals surface area contributed by atoms with E-state index in [0.717, 1.165) is 22.0 Å². The quantitative estimate of drug-likeness (QED) is 0.685. The summed E-state index contributed by atoms with van der Waals surface area (Å²) in [6.45, 7) is 7.70. The van der Waals surface area contributed by atoms with Crippen LogP contribution in [-0.2, 0) is 4.79 Å². The van der Waals surface area contributed by atoms with Gasteiger partial charge >= 0.3 is 0 Å². The van der Waals surface area contributed by atoms with Crippen LogP contribution in [0.4, 0.5) is 0 Å². The zero-order valence-corrected chi connectivity index (χ0v) is 17.0. The number of fused-ring (bicyclic) bond motifs is 1. The summed E-state index contributed by atoms with van der Waals surface area (Å²) in [6, 6.07) is 13.7. The molecule has 1 fully saturated rings. The van der Waals surface area contributed by atoms with Gasteiger partial charge in [-0.25, -0.2) is 0 Å². The molecule has 3 aromatic rings. The zero-order chi connectivity index (χ0) is 20.5. The van der Waals surface area contributed by atoms with Crippen molar-refractivity contribution in [3.63, 3.8) is 0 Å². The summed E-state index contributed by atoms with van der Waals surface area (Å²) in [5.74, 6) is 0.457. The number of amides is 2. The van der Waals surface area contributed by atoms with E-state index in [-0.39, 0.29) is 17.7 Å². The van der Waals surface area contributed by atoms with Gasteiger partial charge < -0.3 is 14.3 Å². The van der Waals surface area contributed by atoms with E-state index in [9.17, 15) is 9.59 Å². The second-order valence-electron chi connectivity index (χ2n) is 7.60. The highest BCUT2D eigenvalue weighted by molar-refractivity contribution is 6.07. The number of rotatable bonds is 3. The van der Waals surface area contributed by atoms with Gasteiger partial charge in [-0.05, 0) is 37.6 Å². The number of hydrogen-bond acceptors (Lipinski definition) is 4. The van der Waals surface area contributed by atoms with Crippen molar-refractivity contribution in [3.8, 4) is 0 Å². The van der Waals surface area contributed by atoms with Gasteiger partial charge in [0.25, 0.3) is 5.91 Å². The Morgan fingerprint density at radius 1 is 0.966 bits per heavy atom. The van der Waals surface area contributed by atoms with Gasteiger partial charge in [-0.2, -0.15) is 0 Å². The third-order valence-electron chi connectivity index (χ3n) is 5.79. The number of piperazine rings is 1. The third kappa shape index (κ3) is 3.50. The Hall–Kier alpha value is -3.15. The van der Waals surface area contributed by atoms with E-state index < -0.39 is 0 Å². The molecule has 0 bridgehead atoms. The first-order valence-corrected chi connectivity index (χ1v) is 9.96. The lowest BCUT2D eigenvalue weighted by atomic mass is 9.97. The number of hydrogen-bond donors (Lipinski definition) is 0. The third-order valence-corrected chi connectivity index (χ3v) is 5.79. The highest BCUT2D eigenvalue weighted by atomic mass is 16.5. The van der Waals surface area contributed by atoms with Gasteiger partial charge in [0, 0.05) is 37.3 Å². The predicted octanol–water partition coefficient (Wildman–Crippen LogP) is 3.53. The summed E-state index contributed by atoms with van der Waals surface area (Å²) in [4.78, 5) is 29.8. The van der Waals surface area contributed by atoms with Crippen molar-refractivity contribution < 1.29 is 14.1 Å². The Bertz CT molecular complexity index is 1040. The molecule has 0 radical (unpaired) electrons. The fourth-order valence-electron chi connectivity index (χ4n) is 4.22. The molecule has 0 N–H and O–H groups in total. The molecule has 1 aromatic heterocycles. The zero-order valence-electron chi connectivity index (χ0n) is 17.0. The molecule has 1 aliphatic rings. The summed E-state index contributed by atoms with van der Waals surface area (Å²) >= 11 is 0. The van der Waals surface area contributed by atoms with Gasteiger partial charge in [0.1, 0.15) is 5.76 Å². The van der Waals surface area contributed by atoms with E-state index in [1.54, 1.807) is 0 Å². The van der Waals surface area contributed by atoms with Crippen molar-refractivity contribution in [2.24, 2.45) is 0 Å². The van der Waals surface area contributed by atoms with Gasteiger partial charge in [-0.3, -0.25) is 9.59 Å². The second-order valence-corrected chi connectivity index (χ2v) is 7.60. The van der Waals surface area contributed by atoms with Gasteiger partial charge in [0.2, 0.25) is 5.91 Å². The normalized spacial score (nSPS) is 15.6. The minimum Gasteiger partial charge on any atom is -0.361 e. The SMILES string of the molecule is Cc1noc(C)c1C(C)C(=O)N1CCN(C(=O)c2cccc3ccccc23)CC1. The van der Waals surface area contributed by atoms with Crippen LogP contribution in [-0.4, -0.2) is 52.9 Å². The van der Waals surface area contributed by atoms with Crippen LogP contribution in [0.25, 0.3) is 10.8 Å². The molecule has 150 valence electrons. The van der Waals surface area contributed by atoms with Crippen LogP contribution in [0.2, 0.25) is 0 Å². The summed E-state index contributed by atoms with van der Waals surface area (Å²) in [6.07, 6.45) is 0. The number of carbonyl (C=O) groups is 2. The minimum absolute atomic E-state index is 0.0210. The van der Waals surface area contributed by atoms with Crippen molar-refractivity contribution in [2.75, 3.05) is 26.2 Å². The molecule has 0 spiro atoms. The molecule has 6 nitrogen and oxygen atoms in total. The second kappa shape index (κ2) is 7.70. The molecule has 6 heteroatoms. The van der Waals surface area contributed by atoms with Crippen LogP contribution in [0, 0.1) is 13.8 Å². The maximum absolute atomic E-state index is 13.1. The Morgan fingerprint density at radius 3 is 2.31 bits per heavy atom. The lowest BCUT2D eigenvalue weighted by molar-refractivity contribution is -0.133. The van der Waals surface area contributed by atoms with E-state index in [2.05, 4.69) is 5.16 Å². The van der Waals surface area contributed by atoms with Crippen LogP contribution < -0.4 is 0 Å². The number of aromatic nitrogens is 1. The molecule has 1 saturated heterocycles. The highest BCUT2D eigenvalue weighted by Crippen LogP contribution is 2.26. The maximum Gasteiger partial charge on any atom is 0.254 e. The number of benzene rings is 2. The minimum atomic E-state index is -0.304. The first-order chi connectivity index (χ1) is 14.0. The number of nitrogens with zero attached hydrogens (tertiary/aromatic N) is 3. The van der Waals surface area contributed by atoms with Crippen molar-refractivity contribution in [2.45, 2.75) is 26.7 Å². The molecule has 1 unspecified atom stereocenters. The Kier molecular flexibility index (Phi) is 5.09. The Morgan fingerprint density at radius 2 is 1.62 bits per heavy atom. The van der Waals surface area contributed by atoms with Crippen LogP contribution in [0.3, 0.4) is 0 Å². The van der Waals surface area contributed by atoms with E-state index in [4.69, 9.17) is 4.52 Å². The fourth-order valence-corrected chi connectivity index (χ4v) is 4.22. The molecule has 29 heavy (non-hydrogen) atoms. The summed E-state index contributed by atoms with van der Waals surface area (Å²) in [7, 11) is 0. The molecular formula is C23H25N3O3. The molecule has 2 amide bonds. The lowest BCUT2D eigenvalue weighted by Crippen LogP contribution is -2.51. The largest absolute Gasteiger partial charge is 0.361 e. The molecule has 1 atom stereocenters. The molecule has 2 heterocycles. The molecule has 1 aliphatic heterocycles. The first kappa shape index (κ1) is 19.2. The average Bonchev–Trinajstić information content (AvgIpc) is 3.10. The van der Waals surface area contributed by atoms with Crippen LogP contribution in [0.15, 0.2) is 47.0 Å². The van der Waals surface area contributed by atoms with Crippen molar-refractivity contribution in [1.82, 2.24) is 15.0 Å². The van der Waals surface area contributed by atoms with E-state index >= 15 is 0 Å². The molecule has 0 saturated carbocycles. The van der Waals surface area contributed by atoms with Crippen molar-refractivity contribution >= 4 is 22.6 Å². The Labute approximate surface area is 170 Å². The van der Waals surface area contributed by atoms with Gasteiger partial charge in [-0.15, -0.1) is 0 Å². The highest BCUT2D eigenvalue weighted by Gasteiger charge is 2.30. The average molecular weight is 391 g/mol. The summed E-state index contributed by atoms with van der Waals surface area (Å²) in [5.41, 5.74) is 2.34. The van der Waals surface area contributed by atoms with Gasteiger partial charge in [0.15, 0.2) is 0 Å². The van der Waals surface area contributed by atoms with E-state index in [0.29, 0.717) is 37.5 Å². The summed E-state index contributed by atoms with van der Waals surface area (Å²) in [5, 5.41) is 5.98. The smallest absolute Gasteiger partial charge is 0.254 e. The standard InChI is InChI=1S/C23H25N3O3/c1-15(21-16(2)24-29-17(21)3)22(27)25-11-13-26(14-12-25)23(28)20-10-6-8-18-7-4-5-9-19(18)20/h4-10,15H,11-14H2,1-3H3. The number of aryl methyl sites for hydroxylation is 2. The number of carbonyl (C=O) groups excluding carboxylic acids is 2. The predicted molar refractivity (Wildman–Crippen MR) is 111 cm³/mol. The van der Waals surface area contributed by atoms with Crippen molar-refractivity contribution in [1.29, 1.82) is 0 Å². The molecule has 4 rings (SSSR count). The van der Waals surface area contributed by atoms with E-state index in [1.165, 1.54) is 0 Å². The van der Waals surface area contributed by atoms with Crippen molar-refractivity contribution in [3.05, 3.63) is 65.0 Å². The van der Waals surface area contributed by atoms with Crippen LogP contribution in [0.1, 0.15) is 40.2 Å². The molecule has 0 aliphatic carbocycles. The van der Waals surface area contributed by atoms with Crippen LogP contribution >= 0.6 is 0 Å². The van der Waals surface area contributed by atoms with Gasteiger partial charge in [0.05, 0.1) is 11.6 Å². The Balaban J connectivity index is 1.45. The topological polar surface area (TPSA) is 66.7 Å². The maximum atomic E-state index is 13.1. The fraction of sp³-hybridized carbons (Fsp3) is 0.348. The summed E-state index contributed by atoms with van der Waals surface area (Å²) < 4.78 is 5.21. The molecular weight excluding hydrogens is 366 g/mol. The monoisotopic (exact) mass is 391 g/mol. The lowest BCUT2D eigenvalue weighted by Gasteiger charge is -2.36. The molecule has 2 aromatic carbocycles. The van der Waals surface area contributed by atoms with E-state index in [1.807, 2.05) is 73.0 Å².